The molecule has 0 saturated heterocycles. The number of rotatable bonds is 15. The van der Waals surface area contributed by atoms with Gasteiger partial charge in [-0.15, -0.1) is 0 Å². The molecule has 2 aromatic carbocycles. The molecule has 0 atom stereocenters. The van der Waals surface area contributed by atoms with E-state index in [0.717, 1.165) is 38.0 Å². The van der Waals surface area contributed by atoms with Gasteiger partial charge in [0.15, 0.2) is 0 Å². The summed E-state index contributed by atoms with van der Waals surface area (Å²) < 4.78 is 5.32. The molecule has 3 rings (SSSR count). The molecule has 0 aromatic heterocycles. The molecule has 0 spiro atoms. The first kappa shape index (κ1) is 30.2. The third-order valence-corrected chi connectivity index (χ3v) is 8.34. The highest BCUT2D eigenvalue weighted by atomic mass is 16.5. The minimum absolute atomic E-state index is 0.194. The molecular weight excluding hydrogens is 468 g/mol. The van der Waals surface area contributed by atoms with Crippen molar-refractivity contribution >= 4 is 5.97 Å². The fraction of sp³-hybridized carbons (Fsp3) is 0.571. The number of esters is 1. The van der Waals surface area contributed by atoms with E-state index in [2.05, 4.69) is 56.8 Å². The number of aryl methyl sites for hydroxylation is 3. The lowest BCUT2D eigenvalue weighted by Crippen LogP contribution is -2.13. The van der Waals surface area contributed by atoms with E-state index in [9.17, 15) is 9.90 Å². The van der Waals surface area contributed by atoms with Crippen LogP contribution in [-0.4, -0.2) is 24.3 Å². The van der Waals surface area contributed by atoms with Crippen molar-refractivity contribution in [3.63, 3.8) is 0 Å². The summed E-state index contributed by atoms with van der Waals surface area (Å²) >= 11 is 0. The van der Waals surface area contributed by atoms with E-state index in [1.54, 1.807) is 6.92 Å². The third-order valence-electron chi connectivity index (χ3n) is 8.34. The molecule has 1 saturated carbocycles. The smallest absolute Gasteiger partial charge is 0.333 e. The summed E-state index contributed by atoms with van der Waals surface area (Å²) in [5.74, 6) is 1.32. The predicted molar refractivity (Wildman–Crippen MR) is 160 cm³/mol. The number of aliphatic hydroxyl groups is 1. The Balaban J connectivity index is 1.72. The van der Waals surface area contributed by atoms with Gasteiger partial charge in [-0.3, -0.25) is 0 Å². The first-order valence-corrected chi connectivity index (χ1v) is 15.1. The minimum Gasteiger partial charge on any atom is -0.462 e. The molecule has 1 aliphatic rings. The summed E-state index contributed by atoms with van der Waals surface area (Å²) in [5.41, 5.74) is 8.54. The number of hydrogen-bond donors (Lipinski definition) is 1. The predicted octanol–water partition coefficient (Wildman–Crippen LogP) is 8.75. The Bertz CT molecular complexity index is 1030. The highest BCUT2D eigenvalue weighted by Gasteiger charge is 2.23. The summed E-state index contributed by atoms with van der Waals surface area (Å²) in [6.45, 7) is 10.5. The average molecular weight is 519 g/mol. The zero-order chi connectivity index (χ0) is 27.3. The number of carbonyl (C=O) groups is 1. The number of benzene rings is 2. The molecule has 0 radical (unpaired) electrons. The van der Waals surface area contributed by atoms with Crippen LogP contribution in [0, 0.1) is 5.92 Å². The van der Waals surface area contributed by atoms with Crippen molar-refractivity contribution in [2.45, 2.75) is 110 Å². The van der Waals surface area contributed by atoms with Gasteiger partial charge in [0.05, 0.1) is 6.61 Å². The second-order valence-corrected chi connectivity index (χ2v) is 11.3. The highest BCUT2D eigenvalue weighted by Crippen LogP contribution is 2.39. The molecule has 0 unspecified atom stereocenters. The second-order valence-electron chi connectivity index (χ2n) is 11.3. The van der Waals surface area contributed by atoms with Crippen molar-refractivity contribution < 1.29 is 14.6 Å². The summed E-state index contributed by atoms with van der Waals surface area (Å²) in [6, 6.07) is 14.0. The average Bonchev–Trinajstić information content (AvgIpc) is 2.94. The first-order chi connectivity index (χ1) is 18.5. The number of carbonyl (C=O) groups excluding carboxylic acids is 1. The molecule has 2 aromatic rings. The van der Waals surface area contributed by atoms with Crippen LogP contribution < -0.4 is 0 Å². The van der Waals surface area contributed by atoms with Gasteiger partial charge in [-0.1, -0.05) is 82.5 Å². The Morgan fingerprint density at radius 3 is 2.37 bits per heavy atom. The van der Waals surface area contributed by atoms with Crippen molar-refractivity contribution in [1.82, 2.24) is 0 Å². The summed E-state index contributed by atoms with van der Waals surface area (Å²) in [4.78, 5) is 11.7. The molecule has 0 heterocycles. The maximum absolute atomic E-state index is 11.7. The molecule has 3 nitrogen and oxygen atoms in total. The minimum atomic E-state index is -0.322. The number of aliphatic hydroxyl groups excluding tert-OH is 1. The molecule has 1 fully saturated rings. The molecule has 1 N–H and O–H groups in total. The molecular formula is C35H50O3. The van der Waals surface area contributed by atoms with Gasteiger partial charge in [0.1, 0.15) is 0 Å². The summed E-state index contributed by atoms with van der Waals surface area (Å²) in [7, 11) is 0. The maximum atomic E-state index is 11.7. The van der Waals surface area contributed by atoms with Crippen molar-refractivity contribution in [3.05, 3.63) is 70.8 Å². The number of unbranched alkanes of at least 4 members (excludes halogenated alkanes) is 2. The Morgan fingerprint density at radius 2 is 1.68 bits per heavy atom. The summed E-state index contributed by atoms with van der Waals surface area (Å²) in [6.07, 6.45) is 15.2. The van der Waals surface area contributed by atoms with Crippen molar-refractivity contribution in [2.75, 3.05) is 13.2 Å². The lowest BCUT2D eigenvalue weighted by atomic mass is 9.76. The van der Waals surface area contributed by atoms with E-state index in [1.165, 1.54) is 84.7 Å². The molecule has 208 valence electrons. The number of ether oxygens (including phenoxy) is 1. The van der Waals surface area contributed by atoms with Gasteiger partial charge in [0.2, 0.25) is 0 Å². The Hall–Kier alpha value is -2.39. The fourth-order valence-corrected chi connectivity index (χ4v) is 6.00. The molecule has 0 bridgehead atoms. The normalized spacial score (nSPS) is 17.4. The standard InChI is InChI=1S/C35H50O3/c1-5-7-8-11-27-14-16-30(17-15-27)32-20-21-34(28(6-2)24-32)33-19-18-29(12-9-22-36)31(25-33)13-10-23-38-35(37)26(3)4/h18-21,24-25,27,30,36H,3,5-17,22-23H2,1-2,4H3. The largest absolute Gasteiger partial charge is 0.462 e. The maximum Gasteiger partial charge on any atom is 0.333 e. The van der Waals surface area contributed by atoms with E-state index in [0.29, 0.717) is 18.1 Å². The van der Waals surface area contributed by atoms with Crippen LogP contribution in [0.3, 0.4) is 0 Å². The van der Waals surface area contributed by atoms with Crippen LogP contribution in [0.1, 0.15) is 113 Å². The zero-order valence-electron chi connectivity index (χ0n) is 24.2. The monoisotopic (exact) mass is 518 g/mol. The van der Waals surface area contributed by atoms with Gasteiger partial charge in [-0.25, -0.2) is 4.79 Å². The van der Waals surface area contributed by atoms with Gasteiger partial charge in [0, 0.05) is 12.2 Å². The molecule has 1 aliphatic carbocycles. The van der Waals surface area contributed by atoms with Gasteiger partial charge in [0.25, 0.3) is 0 Å². The summed E-state index contributed by atoms with van der Waals surface area (Å²) in [5, 5.41) is 9.38. The Kier molecular flexibility index (Phi) is 12.6. The first-order valence-electron chi connectivity index (χ1n) is 15.1. The SMILES string of the molecule is C=C(C)C(=O)OCCCc1cc(-c2ccc(C3CCC(CCCCC)CC3)cc2CC)ccc1CCCO. The van der Waals surface area contributed by atoms with Crippen LogP contribution in [0.5, 0.6) is 0 Å². The number of hydrogen-bond acceptors (Lipinski definition) is 3. The zero-order valence-corrected chi connectivity index (χ0v) is 24.2. The van der Waals surface area contributed by atoms with Crippen LogP contribution >= 0.6 is 0 Å². The van der Waals surface area contributed by atoms with Crippen LogP contribution in [0.15, 0.2) is 48.6 Å². The van der Waals surface area contributed by atoms with E-state index in [4.69, 9.17) is 4.74 Å². The third kappa shape index (κ3) is 8.83. The van der Waals surface area contributed by atoms with Crippen LogP contribution in [0.25, 0.3) is 11.1 Å². The second kappa shape index (κ2) is 15.9. The van der Waals surface area contributed by atoms with Gasteiger partial charge >= 0.3 is 5.97 Å². The van der Waals surface area contributed by atoms with E-state index in [1.807, 2.05) is 0 Å². The lowest BCUT2D eigenvalue weighted by Gasteiger charge is -2.29. The van der Waals surface area contributed by atoms with E-state index < -0.39 is 0 Å². The molecule has 0 aliphatic heterocycles. The fourth-order valence-electron chi connectivity index (χ4n) is 6.00. The van der Waals surface area contributed by atoms with E-state index >= 15 is 0 Å². The lowest BCUT2D eigenvalue weighted by molar-refractivity contribution is -0.139. The molecule has 0 amide bonds. The Labute approximate surface area is 231 Å². The quantitative estimate of drug-likeness (QED) is 0.146. The van der Waals surface area contributed by atoms with Gasteiger partial charge < -0.3 is 9.84 Å². The molecule has 38 heavy (non-hydrogen) atoms. The van der Waals surface area contributed by atoms with Gasteiger partial charge in [-0.2, -0.15) is 0 Å². The van der Waals surface area contributed by atoms with Crippen molar-refractivity contribution in [3.8, 4) is 11.1 Å². The topological polar surface area (TPSA) is 46.5 Å². The van der Waals surface area contributed by atoms with Gasteiger partial charge in [-0.05, 0) is 110 Å². The van der Waals surface area contributed by atoms with Crippen LogP contribution in [-0.2, 0) is 28.8 Å². The van der Waals surface area contributed by atoms with Crippen molar-refractivity contribution in [2.24, 2.45) is 5.92 Å². The molecule has 3 heteroatoms. The Morgan fingerprint density at radius 1 is 0.921 bits per heavy atom. The highest BCUT2D eigenvalue weighted by molar-refractivity contribution is 5.86. The van der Waals surface area contributed by atoms with Crippen molar-refractivity contribution in [1.29, 1.82) is 0 Å². The van der Waals surface area contributed by atoms with E-state index in [-0.39, 0.29) is 12.6 Å². The van der Waals surface area contributed by atoms with Crippen LogP contribution in [0.4, 0.5) is 0 Å². The van der Waals surface area contributed by atoms with Crippen LogP contribution in [0.2, 0.25) is 0 Å².